The van der Waals surface area contributed by atoms with Crippen LogP contribution < -0.4 is 4.74 Å². The summed E-state index contributed by atoms with van der Waals surface area (Å²) in [6.07, 6.45) is 0. The molecule has 102 valence electrons. The third-order valence-electron chi connectivity index (χ3n) is 2.46. The summed E-state index contributed by atoms with van der Waals surface area (Å²) in [6, 6.07) is 10.6. The van der Waals surface area contributed by atoms with Gasteiger partial charge in [0.1, 0.15) is 5.75 Å². The number of nitrogens with zero attached hydrogens (tertiary/aromatic N) is 1. The summed E-state index contributed by atoms with van der Waals surface area (Å²) < 4.78 is 6.29. The number of hydrogen-bond donors (Lipinski definition) is 1. The zero-order valence-electron chi connectivity index (χ0n) is 9.95. The lowest BCUT2D eigenvalue weighted by molar-refractivity contribution is -0.385. The summed E-state index contributed by atoms with van der Waals surface area (Å²) in [5, 5.41) is 19.9. The number of para-hydroxylation sites is 1. The molecule has 1 N–H and O–H groups in total. The highest BCUT2D eigenvalue weighted by Crippen LogP contribution is 2.34. The van der Waals surface area contributed by atoms with Crippen LogP contribution in [0.2, 0.25) is 0 Å². The maximum absolute atomic E-state index is 11.0. The molecule has 20 heavy (non-hydrogen) atoms. The van der Waals surface area contributed by atoms with Crippen LogP contribution in [-0.2, 0) is 0 Å². The molecule has 7 heteroatoms. The van der Waals surface area contributed by atoms with Crippen LogP contribution in [0.15, 0.2) is 42.5 Å². The van der Waals surface area contributed by atoms with E-state index < -0.39 is 10.9 Å². The van der Waals surface area contributed by atoms with Crippen molar-refractivity contribution in [1.82, 2.24) is 0 Å². The van der Waals surface area contributed by atoms with Crippen molar-refractivity contribution in [3.63, 3.8) is 0 Å². The van der Waals surface area contributed by atoms with Crippen molar-refractivity contribution in [3.05, 3.63) is 61.7 Å². The Kier molecular flexibility index (Phi) is 4.18. The van der Waals surface area contributed by atoms with E-state index in [1.165, 1.54) is 12.1 Å². The molecule has 0 unspecified atom stereocenters. The van der Waals surface area contributed by atoms with E-state index in [1.807, 2.05) is 28.7 Å². The molecule has 2 aromatic rings. The largest absolute Gasteiger partial charge is 0.478 e. The number of carboxylic acid groups (broad SMARTS) is 1. The van der Waals surface area contributed by atoms with Crippen LogP contribution in [0.3, 0.4) is 0 Å². The quantitative estimate of drug-likeness (QED) is 0.493. The Labute approximate surface area is 127 Å². The van der Waals surface area contributed by atoms with Crippen LogP contribution in [0.1, 0.15) is 10.4 Å². The smallest absolute Gasteiger partial charge is 0.335 e. The minimum Gasteiger partial charge on any atom is -0.478 e. The highest BCUT2D eigenvalue weighted by Gasteiger charge is 2.19. The van der Waals surface area contributed by atoms with E-state index in [1.54, 1.807) is 18.2 Å². The highest BCUT2D eigenvalue weighted by molar-refractivity contribution is 14.1. The molecule has 0 bridgehead atoms. The number of rotatable bonds is 4. The van der Waals surface area contributed by atoms with Crippen molar-refractivity contribution in [2.75, 3.05) is 0 Å². The minimum absolute atomic E-state index is 0.00381. The molecule has 0 radical (unpaired) electrons. The second kappa shape index (κ2) is 5.87. The van der Waals surface area contributed by atoms with Crippen LogP contribution in [-0.4, -0.2) is 16.0 Å². The third-order valence-corrected chi connectivity index (χ3v) is 3.35. The van der Waals surface area contributed by atoms with Crippen LogP contribution in [0.5, 0.6) is 11.5 Å². The Balaban J connectivity index is 2.44. The van der Waals surface area contributed by atoms with E-state index in [2.05, 4.69) is 0 Å². The molecule has 0 saturated carbocycles. The maximum atomic E-state index is 11.0. The Morgan fingerprint density at radius 1 is 1.20 bits per heavy atom. The SMILES string of the molecule is O=C(O)c1ccc(Oc2ccccc2I)c([N+](=O)[O-])c1. The van der Waals surface area contributed by atoms with E-state index in [9.17, 15) is 14.9 Å². The number of nitro benzene ring substituents is 1. The van der Waals surface area contributed by atoms with E-state index >= 15 is 0 Å². The highest BCUT2D eigenvalue weighted by atomic mass is 127. The zero-order chi connectivity index (χ0) is 14.7. The first kappa shape index (κ1) is 14.3. The predicted molar refractivity (Wildman–Crippen MR) is 79.3 cm³/mol. The van der Waals surface area contributed by atoms with Crippen molar-refractivity contribution in [2.24, 2.45) is 0 Å². The van der Waals surface area contributed by atoms with Crippen LogP contribution in [0, 0.1) is 13.7 Å². The van der Waals surface area contributed by atoms with Crippen molar-refractivity contribution in [2.45, 2.75) is 0 Å². The van der Waals surface area contributed by atoms with Crippen molar-refractivity contribution in [1.29, 1.82) is 0 Å². The molecule has 0 saturated heterocycles. The molecular weight excluding hydrogens is 377 g/mol. The molecule has 2 aromatic carbocycles. The molecule has 2 rings (SSSR count). The fourth-order valence-electron chi connectivity index (χ4n) is 1.53. The normalized spacial score (nSPS) is 10.1. The van der Waals surface area contributed by atoms with E-state index in [4.69, 9.17) is 9.84 Å². The Bertz CT molecular complexity index is 686. The molecular formula is C13H8INO5. The fraction of sp³-hybridized carbons (Fsp3) is 0. The first-order valence-electron chi connectivity index (χ1n) is 5.43. The molecule has 0 fully saturated rings. The van der Waals surface area contributed by atoms with Gasteiger partial charge in [-0.05, 0) is 46.9 Å². The summed E-state index contributed by atoms with van der Waals surface area (Å²) in [5.41, 5.74) is -0.545. The van der Waals surface area contributed by atoms with Crippen LogP contribution >= 0.6 is 22.6 Å². The van der Waals surface area contributed by atoms with Gasteiger partial charge in [-0.1, -0.05) is 12.1 Å². The summed E-state index contributed by atoms with van der Waals surface area (Å²) in [4.78, 5) is 21.2. The number of nitro groups is 1. The molecule has 6 nitrogen and oxygen atoms in total. The van der Waals surface area contributed by atoms with Crippen molar-refractivity contribution < 1.29 is 19.6 Å². The average molecular weight is 385 g/mol. The first-order valence-corrected chi connectivity index (χ1v) is 6.51. The van der Waals surface area contributed by atoms with Gasteiger partial charge in [-0.25, -0.2) is 4.79 Å². The van der Waals surface area contributed by atoms with Gasteiger partial charge >= 0.3 is 11.7 Å². The monoisotopic (exact) mass is 385 g/mol. The van der Waals surface area contributed by atoms with Gasteiger partial charge in [0.2, 0.25) is 5.75 Å². The zero-order valence-corrected chi connectivity index (χ0v) is 12.1. The van der Waals surface area contributed by atoms with Crippen LogP contribution in [0.25, 0.3) is 0 Å². The Morgan fingerprint density at radius 3 is 2.50 bits per heavy atom. The van der Waals surface area contributed by atoms with Gasteiger partial charge in [0, 0.05) is 6.07 Å². The Hall–Kier alpha value is -2.16. The number of halogens is 1. The van der Waals surface area contributed by atoms with Gasteiger partial charge in [-0.3, -0.25) is 10.1 Å². The topological polar surface area (TPSA) is 89.7 Å². The van der Waals surface area contributed by atoms with Gasteiger partial charge in [0.25, 0.3) is 0 Å². The van der Waals surface area contributed by atoms with E-state index in [0.29, 0.717) is 5.75 Å². The molecule has 0 aliphatic heterocycles. The molecule has 0 spiro atoms. The molecule has 0 aliphatic carbocycles. The van der Waals surface area contributed by atoms with Crippen molar-refractivity contribution >= 4 is 34.2 Å². The number of carbonyl (C=O) groups is 1. The average Bonchev–Trinajstić information content (AvgIpc) is 2.41. The minimum atomic E-state index is -1.23. The standard InChI is InChI=1S/C13H8INO5/c14-9-3-1-2-4-11(9)20-12-6-5-8(13(16)17)7-10(12)15(18)19/h1-7H,(H,16,17). The number of benzene rings is 2. The van der Waals surface area contributed by atoms with Gasteiger partial charge in [0.15, 0.2) is 0 Å². The Morgan fingerprint density at radius 2 is 1.90 bits per heavy atom. The molecule has 0 heterocycles. The predicted octanol–water partition coefficient (Wildman–Crippen LogP) is 3.69. The lowest BCUT2D eigenvalue weighted by Gasteiger charge is -2.08. The van der Waals surface area contributed by atoms with E-state index in [0.717, 1.165) is 9.64 Å². The van der Waals surface area contributed by atoms with Gasteiger partial charge in [-0.15, -0.1) is 0 Å². The maximum Gasteiger partial charge on any atom is 0.335 e. The van der Waals surface area contributed by atoms with Gasteiger partial charge in [0.05, 0.1) is 14.1 Å². The number of ether oxygens (including phenoxy) is 1. The molecule has 0 amide bonds. The lowest BCUT2D eigenvalue weighted by Crippen LogP contribution is -2.00. The molecule has 0 aliphatic rings. The number of carboxylic acids is 1. The fourth-order valence-corrected chi connectivity index (χ4v) is 2.02. The first-order chi connectivity index (χ1) is 9.49. The van der Waals surface area contributed by atoms with Crippen molar-refractivity contribution in [3.8, 4) is 11.5 Å². The summed E-state index contributed by atoms with van der Waals surface area (Å²) in [7, 11) is 0. The van der Waals surface area contributed by atoms with E-state index in [-0.39, 0.29) is 17.0 Å². The lowest BCUT2D eigenvalue weighted by atomic mass is 10.2. The van der Waals surface area contributed by atoms with Gasteiger partial charge in [-0.2, -0.15) is 0 Å². The van der Waals surface area contributed by atoms with Crippen LogP contribution in [0.4, 0.5) is 5.69 Å². The third kappa shape index (κ3) is 3.05. The number of hydrogen-bond acceptors (Lipinski definition) is 4. The van der Waals surface area contributed by atoms with Gasteiger partial charge < -0.3 is 9.84 Å². The summed E-state index contributed by atoms with van der Waals surface area (Å²) in [6.45, 7) is 0. The molecule has 0 aromatic heterocycles. The second-order valence-electron chi connectivity index (χ2n) is 3.78. The second-order valence-corrected chi connectivity index (χ2v) is 4.94. The summed E-state index contributed by atoms with van der Waals surface area (Å²) >= 11 is 2.04. The number of aromatic carboxylic acids is 1. The summed E-state index contributed by atoms with van der Waals surface area (Å²) in [5.74, 6) is -0.752. The molecule has 0 atom stereocenters.